The summed E-state index contributed by atoms with van der Waals surface area (Å²) in [5.74, 6) is -1.40. The summed E-state index contributed by atoms with van der Waals surface area (Å²) in [7, 11) is -9.90. The van der Waals surface area contributed by atoms with E-state index in [0.717, 1.165) is 95.8 Å². The molecule has 5 atom stereocenters. The van der Waals surface area contributed by atoms with Gasteiger partial charge >= 0.3 is 39.5 Å². The Bertz CT molecular complexity index is 1720. The molecule has 0 heterocycles. The van der Waals surface area contributed by atoms with Crippen LogP contribution in [0.2, 0.25) is 0 Å². The third-order valence-corrected chi connectivity index (χ3v) is 18.2. The number of phosphoric acid groups is 2. The number of esters is 4. The minimum Gasteiger partial charge on any atom is -0.462 e. The monoisotopic (exact) mass is 1310 g/mol. The summed E-state index contributed by atoms with van der Waals surface area (Å²) in [5, 5.41) is 10.6. The minimum atomic E-state index is -4.95. The number of phosphoric ester groups is 2. The van der Waals surface area contributed by atoms with E-state index in [9.17, 15) is 43.2 Å². The van der Waals surface area contributed by atoms with Gasteiger partial charge < -0.3 is 33.8 Å². The van der Waals surface area contributed by atoms with E-state index >= 15 is 0 Å². The standard InChI is InChI=1S/C70H136O17P2/c1-6-9-12-15-18-21-24-25-26-27-28-29-31-34-41-46-51-56-70(75)87-66(60-81-68(73)54-49-44-39-36-35-37-42-47-52-63(4)5)62-85-89(78,79)83-58-64(71)57-82-88(76,77)84-61-65(59-80-67(72)53-48-43-38-32-23-20-17-14-11-8-3)86-69(74)55-50-45-40-33-30-22-19-16-13-10-7-2/h63-66,71H,6-62H2,1-5H3,(H,76,77)(H,78,79)/t64-,65+,66+/m0/s1. The van der Waals surface area contributed by atoms with Crippen LogP contribution in [-0.4, -0.2) is 96.7 Å². The lowest BCUT2D eigenvalue weighted by molar-refractivity contribution is -0.161. The molecule has 0 aromatic rings. The number of aliphatic hydroxyl groups is 1. The van der Waals surface area contributed by atoms with Gasteiger partial charge in [-0.05, 0) is 31.6 Å². The Morgan fingerprint density at radius 1 is 0.303 bits per heavy atom. The van der Waals surface area contributed by atoms with Crippen LogP contribution in [0.15, 0.2) is 0 Å². The molecule has 17 nitrogen and oxygen atoms in total. The molecule has 0 spiro atoms. The number of unbranched alkanes of at least 4 members (excludes halogenated alkanes) is 42. The Kier molecular flexibility index (Phi) is 62.1. The zero-order chi connectivity index (χ0) is 65.6. The van der Waals surface area contributed by atoms with E-state index in [1.807, 2.05) is 0 Å². The van der Waals surface area contributed by atoms with Crippen LogP contribution in [0.1, 0.15) is 362 Å². The first-order valence-electron chi connectivity index (χ1n) is 36.6. The van der Waals surface area contributed by atoms with E-state index in [0.29, 0.717) is 25.7 Å². The van der Waals surface area contributed by atoms with Crippen molar-refractivity contribution in [2.24, 2.45) is 5.92 Å². The molecule has 0 aliphatic carbocycles. The summed E-state index contributed by atoms with van der Waals surface area (Å²) in [4.78, 5) is 72.5. The molecule has 0 saturated carbocycles. The number of carbonyl (C=O) groups excluding carboxylic acids is 4. The Morgan fingerprint density at radius 3 is 0.764 bits per heavy atom. The highest BCUT2D eigenvalue weighted by Gasteiger charge is 2.30. The maximum absolute atomic E-state index is 13.0. The SMILES string of the molecule is CCCCCCCCCCCCCCCCCCCC(=O)O[C@H](COC(=O)CCCCCCCCCCC(C)C)COP(=O)(O)OC[C@@H](O)COP(=O)(O)OC[C@@H](COC(=O)CCCCCCCCCCCC)OC(=O)CCCCCCCCCCCCC. The number of rotatable bonds is 70. The van der Waals surface area contributed by atoms with Gasteiger partial charge in [0.1, 0.15) is 19.3 Å². The van der Waals surface area contributed by atoms with Crippen LogP contribution >= 0.6 is 15.6 Å². The van der Waals surface area contributed by atoms with Crippen molar-refractivity contribution in [1.29, 1.82) is 0 Å². The molecule has 0 radical (unpaired) electrons. The molecule has 0 fully saturated rings. The topological polar surface area (TPSA) is 237 Å². The van der Waals surface area contributed by atoms with Crippen LogP contribution < -0.4 is 0 Å². The molecule has 0 saturated heterocycles. The van der Waals surface area contributed by atoms with E-state index in [1.165, 1.54) is 186 Å². The van der Waals surface area contributed by atoms with Crippen LogP contribution in [0.25, 0.3) is 0 Å². The van der Waals surface area contributed by atoms with Crippen molar-refractivity contribution in [1.82, 2.24) is 0 Å². The second kappa shape index (κ2) is 63.5. The highest BCUT2D eigenvalue weighted by Crippen LogP contribution is 2.45. The van der Waals surface area contributed by atoms with Gasteiger partial charge in [-0.1, -0.05) is 311 Å². The molecule has 0 amide bonds. The number of carbonyl (C=O) groups is 4. The zero-order valence-electron chi connectivity index (χ0n) is 57.6. The van der Waals surface area contributed by atoms with E-state index in [4.69, 9.17) is 37.0 Å². The Balaban J connectivity index is 5.22. The summed E-state index contributed by atoms with van der Waals surface area (Å²) in [5.41, 5.74) is 0. The van der Waals surface area contributed by atoms with Gasteiger partial charge in [0.2, 0.25) is 0 Å². The molecular weight excluding hydrogens is 1170 g/mol. The molecular formula is C70H136O17P2. The molecule has 0 aromatic heterocycles. The fourth-order valence-corrected chi connectivity index (χ4v) is 12.2. The van der Waals surface area contributed by atoms with Gasteiger partial charge in [-0.2, -0.15) is 0 Å². The van der Waals surface area contributed by atoms with Gasteiger partial charge in [0.25, 0.3) is 0 Å². The number of hydrogen-bond donors (Lipinski definition) is 3. The summed E-state index contributed by atoms with van der Waals surface area (Å²) in [6, 6.07) is 0. The quantitative estimate of drug-likeness (QED) is 0.0222. The van der Waals surface area contributed by atoms with Crippen LogP contribution in [-0.2, 0) is 65.4 Å². The molecule has 0 bridgehead atoms. The fourth-order valence-electron chi connectivity index (χ4n) is 10.6. The second-order valence-corrected chi connectivity index (χ2v) is 28.7. The predicted octanol–water partition coefficient (Wildman–Crippen LogP) is 20.1. The fraction of sp³-hybridized carbons (Fsp3) is 0.943. The average Bonchev–Trinajstić information content (AvgIpc) is 3.72. The van der Waals surface area contributed by atoms with Crippen LogP contribution in [0.4, 0.5) is 0 Å². The summed E-state index contributed by atoms with van der Waals surface area (Å²) >= 11 is 0. The molecule has 2 unspecified atom stereocenters. The number of hydrogen-bond acceptors (Lipinski definition) is 15. The third kappa shape index (κ3) is 64.6. The molecule has 0 rings (SSSR count). The average molecular weight is 1310 g/mol. The van der Waals surface area contributed by atoms with Crippen LogP contribution in [0, 0.1) is 5.92 Å². The first kappa shape index (κ1) is 87.1. The largest absolute Gasteiger partial charge is 0.472 e. The van der Waals surface area contributed by atoms with Crippen molar-refractivity contribution >= 4 is 39.5 Å². The number of aliphatic hydroxyl groups excluding tert-OH is 1. The second-order valence-electron chi connectivity index (χ2n) is 25.7. The normalized spacial score (nSPS) is 14.1. The van der Waals surface area contributed by atoms with Crippen molar-refractivity contribution in [2.45, 2.75) is 380 Å². The lowest BCUT2D eigenvalue weighted by Gasteiger charge is -2.21. The van der Waals surface area contributed by atoms with Crippen LogP contribution in [0.3, 0.4) is 0 Å². The van der Waals surface area contributed by atoms with E-state index in [2.05, 4.69) is 34.6 Å². The van der Waals surface area contributed by atoms with Gasteiger partial charge in [-0.3, -0.25) is 37.3 Å². The zero-order valence-corrected chi connectivity index (χ0v) is 59.4. The van der Waals surface area contributed by atoms with Crippen molar-refractivity contribution < 1.29 is 80.2 Å². The first-order chi connectivity index (χ1) is 43.0. The van der Waals surface area contributed by atoms with E-state index < -0.39 is 97.5 Å². The molecule has 0 aliphatic heterocycles. The first-order valence-corrected chi connectivity index (χ1v) is 39.6. The molecule has 19 heteroatoms. The third-order valence-electron chi connectivity index (χ3n) is 16.3. The van der Waals surface area contributed by atoms with E-state index in [1.54, 1.807) is 0 Å². The molecule has 528 valence electrons. The Hall–Kier alpha value is -1.94. The van der Waals surface area contributed by atoms with Crippen molar-refractivity contribution in [3.05, 3.63) is 0 Å². The highest BCUT2D eigenvalue weighted by molar-refractivity contribution is 7.47. The van der Waals surface area contributed by atoms with Gasteiger partial charge in [0.05, 0.1) is 26.4 Å². The molecule has 0 aliphatic rings. The van der Waals surface area contributed by atoms with Gasteiger partial charge in [0.15, 0.2) is 12.2 Å². The maximum Gasteiger partial charge on any atom is 0.472 e. The minimum absolute atomic E-state index is 0.107. The summed E-state index contributed by atoms with van der Waals surface area (Å²) in [6.45, 7) is 7.20. The van der Waals surface area contributed by atoms with Crippen molar-refractivity contribution in [3.8, 4) is 0 Å². The lowest BCUT2D eigenvalue weighted by atomic mass is 10.0. The number of ether oxygens (including phenoxy) is 4. The van der Waals surface area contributed by atoms with Gasteiger partial charge in [0, 0.05) is 25.7 Å². The highest BCUT2D eigenvalue weighted by atomic mass is 31.2. The Labute approximate surface area is 543 Å². The van der Waals surface area contributed by atoms with E-state index in [-0.39, 0.29) is 25.7 Å². The van der Waals surface area contributed by atoms with Gasteiger partial charge in [-0.15, -0.1) is 0 Å². The summed E-state index contributed by atoms with van der Waals surface area (Å²) < 4.78 is 68.2. The predicted molar refractivity (Wildman–Crippen MR) is 358 cm³/mol. The molecule has 3 N–H and O–H groups in total. The Morgan fingerprint density at radius 2 is 0.517 bits per heavy atom. The van der Waals surface area contributed by atoms with Crippen LogP contribution in [0.5, 0.6) is 0 Å². The smallest absolute Gasteiger partial charge is 0.462 e. The van der Waals surface area contributed by atoms with Crippen molar-refractivity contribution in [3.63, 3.8) is 0 Å². The van der Waals surface area contributed by atoms with Crippen molar-refractivity contribution in [2.75, 3.05) is 39.6 Å². The molecule has 89 heavy (non-hydrogen) atoms. The van der Waals surface area contributed by atoms with Gasteiger partial charge in [-0.25, -0.2) is 9.13 Å². The maximum atomic E-state index is 13.0. The molecule has 0 aromatic carbocycles. The summed E-state index contributed by atoms with van der Waals surface area (Å²) in [6.07, 6.45) is 49.9. The lowest BCUT2D eigenvalue weighted by Crippen LogP contribution is -2.30.